The van der Waals surface area contributed by atoms with E-state index >= 15 is 0 Å². The summed E-state index contributed by atoms with van der Waals surface area (Å²) in [5, 5.41) is 11.2. The number of benzene rings is 9. The molecule has 4 heterocycles. The van der Waals surface area contributed by atoms with Crippen LogP contribution in [0.5, 0.6) is 0 Å². The van der Waals surface area contributed by atoms with Gasteiger partial charge in [0, 0.05) is 92.7 Å². The molecule has 4 aliphatic heterocycles. The molecule has 552 valence electrons. The molecule has 2 aliphatic carbocycles. The summed E-state index contributed by atoms with van der Waals surface area (Å²) in [5.41, 5.74) is 17.8. The van der Waals surface area contributed by atoms with Gasteiger partial charge in [-0.1, -0.05) is 202 Å². The van der Waals surface area contributed by atoms with Crippen LogP contribution in [-0.2, 0) is 52.0 Å². The van der Waals surface area contributed by atoms with Gasteiger partial charge in [0.25, 0.3) is 10.1 Å². The molecule has 0 fully saturated rings. The van der Waals surface area contributed by atoms with Crippen molar-refractivity contribution >= 4 is 131 Å². The molecule has 13 nitrogen and oxygen atoms in total. The largest absolute Gasteiger partial charge is 0.748 e. The molecule has 1 N–H and O–H groups in total. The summed E-state index contributed by atoms with van der Waals surface area (Å²) in [6.45, 7) is 19.8. The van der Waals surface area contributed by atoms with Crippen molar-refractivity contribution in [3.63, 3.8) is 0 Å². The first-order valence-corrected chi connectivity index (χ1v) is 41.7. The van der Waals surface area contributed by atoms with Crippen molar-refractivity contribution in [1.82, 2.24) is 0 Å². The molecule has 6 aliphatic rings. The summed E-state index contributed by atoms with van der Waals surface area (Å²) in [6, 6.07) is 56.6. The Hall–Kier alpha value is -8.81. The second kappa shape index (κ2) is 29.3. The minimum atomic E-state index is -4.45. The van der Waals surface area contributed by atoms with E-state index < -0.39 is 52.7 Å². The molecule has 0 aromatic heterocycles. The Balaban J connectivity index is 0.000000168. The number of aryl methyl sites for hydroxylation is 1. The number of allylic oxidation sites excluding steroid dienone is 16. The minimum Gasteiger partial charge on any atom is -0.748 e. The lowest BCUT2D eigenvalue weighted by Crippen LogP contribution is -2.30. The van der Waals surface area contributed by atoms with E-state index in [1.807, 2.05) is 89.2 Å². The van der Waals surface area contributed by atoms with Gasteiger partial charge < -0.3 is 18.9 Å². The van der Waals surface area contributed by atoms with Gasteiger partial charge in [-0.25, -0.2) is 16.8 Å². The summed E-state index contributed by atoms with van der Waals surface area (Å²) in [4.78, 5) is 4.13. The third-order valence-corrected chi connectivity index (χ3v) is 25.6. The number of likely N-dealkylation sites (N-methyl/N-ethyl adjacent to an activating group) is 1. The maximum Gasteiger partial charge on any atom is 0.271 e. The van der Waals surface area contributed by atoms with Crippen molar-refractivity contribution in [2.24, 2.45) is 0 Å². The molecular weight excluding hydrogens is 1440 g/mol. The molecule has 15 rings (SSSR count). The molecule has 0 amide bonds. The summed E-state index contributed by atoms with van der Waals surface area (Å²) < 4.78 is 104. The Kier molecular flexibility index (Phi) is 20.9. The van der Waals surface area contributed by atoms with Crippen LogP contribution in [0.25, 0.3) is 43.1 Å². The Bertz CT molecular complexity index is 5870. The maximum atomic E-state index is 11.9. The first kappa shape index (κ1) is 76.4. The molecular formula is C89H90Cl2N4O9S3. The van der Waals surface area contributed by atoms with Crippen molar-refractivity contribution < 1.29 is 48.1 Å². The van der Waals surface area contributed by atoms with Gasteiger partial charge in [-0.05, 0) is 198 Å². The molecule has 0 saturated carbocycles. The number of rotatable bonds is 13. The lowest BCUT2D eigenvalue weighted by atomic mass is 9.78. The highest BCUT2D eigenvalue weighted by molar-refractivity contribution is 7.86. The molecule has 0 spiro atoms. The second-order valence-electron chi connectivity index (χ2n) is 30.8. The molecule has 9 aromatic rings. The quantitative estimate of drug-likeness (QED) is 0.0857. The average Bonchev–Trinajstić information content (AvgIpc) is 1.60. The molecule has 0 atom stereocenters. The highest BCUT2D eigenvalue weighted by Crippen LogP contribution is 2.53. The molecule has 0 bridgehead atoms. The topological polar surface area (TPSA) is 181 Å². The normalized spacial score (nSPS) is 19.7. The molecule has 0 saturated heterocycles. The van der Waals surface area contributed by atoms with Crippen molar-refractivity contribution in [2.75, 3.05) is 48.5 Å². The number of fused-ring (bicyclic) bond motifs is 12. The van der Waals surface area contributed by atoms with E-state index in [1.165, 1.54) is 78.7 Å². The Morgan fingerprint density at radius 1 is 0.477 bits per heavy atom. The van der Waals surface area contributed by atoms with E-state index in [1.54, 1.807) is 12.1 Å². The Morgan fingerprint density at radius 3 is 1.39 bits per heavy atom. The van der Waals surface area contributed by atoms with Crippen LogP contribution in [-0.4, -0.2) is 98.2 Å². The van der Waals surface area contributed by atoms with Crippen molar-refractivity contribution in [3.05, 3.63) is 290 Å². The van der Waals surface area contributed by atoms with Crippen LogP contribution in [0.2, 0.25) is 0 Å². The van der Waals surface area contributed by atoms with Gasteiger partial charge in [0.2, 0.25) is 11.4 Å². The number of anilines is 2. The van der Waals surface area contributed by atoms with Crippen LogP contribution in [0.4, 0.5) is 22.7 Å². The minimum absolute atomic E-state index is 0.0350. The van der Waals surface area contributed by atoms with Crippen LogP contribution in [0.15, 0.2) is 267 Å². The molecule has 0 unspecified atom stereocenters. The van der Waals surface area contributed by atoms with E-state index in [-0.39, 0.29) is 28.8 Å². The lowest BCUT2D eigenvalue weighted by Gasteiger charge is -2.27. The standard InChI is InChI=1S/C42H43ClN2O6S2.C40H40ClN2.C7H8O3S/c1-41(2)36(44(24-26-52(46,47)48)34-20-16-28-10-5-7-14-32(28)38(34)41)22-18-30-12-9-13-31(40(30)43)19-23-37-42(3,4)39-33-15-8-6-11-29(33)17-21-35(39)45(37)25-27-53(49,50)51;1-39(2)34(42(5)32-22-18-26-12-7-9-16-30(26)36(32)39)24-20-28-14-11-15-29(38(28)41)21-25-35-40(3,4)37-31-17-10-8-13-27(31)19-23-33(37)43(35)6;1-6-2-4-7(5-3-6)11(8,9)10/h5-8,10-11,14-23H,9,12-13,24-27H2,1-4H3,(H-,46,47,48,49,50,51);7-10,12-13,16-25H,11,14-15H2,1-6H3;2-5H,1H3,(H,8,9,10)/q;+1;/p-1. The maximum absolute atomic E-state index is 11.9. The summed E-state index contributed by atoms with van der Waals surface area (Å²) >= 11 is 14.3. The van der Waals surface area contributed by atoms with Crippen LogP contribution < -0.4 is 9.80 Å². The fraction of sp³-hybridized carbons (Fsp3) is 0.281. The molecule has 9 aromatic carbocycles. The third kappa shape index (κ3) is 14.9. The van der Waals surface area contributed by atoms with Gasteiger partial charge in [0.1, 0.15) is 22.9 Å². The third-order valence-electron chi connectivity index (χ3n) is 22.4. The van der Waals surface area contributed by atoms with E-state index in [0.29, 0.717) is 5.03 Å². The average molecular weight is 1530 g/mol. The summed E-state index contributed by atoms with van der Waals surface area (Å²) in [5.74, 6) is -0.930. The summed E-state index contributed by atoms with van der Waals surface area (Å²) in [7, 11) is -8.54. The molecule has 18 heteroatoms. The molecule has 107 heavy (non-hydrogen) atoms. The van der Waals surface area contributed by atoms with E-state index in [2.05, 4.69) is 200 Å². The van der Waals surface area contributed by atoms with Crippen molar-refractivity contribution in [1.29, 1.82) is 0 Å². The zero-order valence-electron chi connectivity index (χ0n) is 62.3. The second-order valence-corrected chi connectivity index (χ2v) is 36.0. The van der Waals surface area contributed by atoms with Gasteiger partial charge >= 0.3 is 0 Å². The Labute approximate surface area is 640 Å². The van der Waals surface area contributed by atoms with E-state index in [0.717, 1.165) is 116 Å². The fourth-order valence-electron chi connectivity index (χ4n) is 17.2. The first-order chi connectivity index (χ1) is 50.6. The van der Waals surface area contributed by atoms with Crippen LogP contribution >= 0.6 is 23.2 Å². The number of halogens is 2. The zero-order valence-corrected chi connectivity index (χ0v) is 66.3. The smallest absolute Gasteiger partial charge is 0.271 e. The highest BCUT2D eigenvalue weighted by atomic mass is 35.5. The van der Waals surface area contributed by atoms with Crippen LogP contribution in [0, 0.1) is 6.92 Å². The van der Waals surface area contributed by atoms with Crippen LogP contribution in [0.3, 0.4) is 0 Å². The lowest BCUT2D eigenvalue weighted by molar-refractivity contribution is -0.432. The Morgan fingerprint density at radius 2 is 0.897 bits per heavy atom. The number of hydrogen-bond donors (Lipinski definition) is 1. The van der Waals surface area contributed by atoms with E-state index in [4.69, 9.17) is 23.2 Å². The molecule has 0 radical (unpaired) electrons. The van der Waals surface area contributed by atoms with Gasteiger partial charge in [0.05, 0.1) is 31.6 Å². The predicted octanol–water partition coefficient (Wildman–Crippen LogP) is 20.0. The monoisotopic (exact) mass is 1520 g/mol. The van der Waals surface area contributed by atoms with E-state index in [9.17, 15) is 38.9 Å². The number of hydrogen-bond acceptors (Lipinski definition) is 10. The van der Waals surface area contributed by atoms with Gasteiger partial charge in [-0.3, -0.25) is 4.55 Å². The fourth-order valence-corrected chi connectivity index (χ4v) is 19.1. The number of nitrogens with zero attached hydrogens (tertiary/aromatic N) is 4. The SMILES string of the molecule is CC1(C)C(=CC=C2CCCC(C=CC3=[N+](CCS(=O)(=O)O)c4ccc5ccccc5c4C3(C)C)=C2Cl)N(CCS(=O)(=O)[O-])c2ccc3ccccc3c21.CN1/C(=C/C=C2\CCCC(/C=C/C3=[N+](C)c4ccc5ccccc5c4C3(C)C)=C2Cl)C(C)(C)c2c1ccc1ccccc21.Cc1ccc(S(=O)(=O)[O-])cc1. The van der Waals surface area contributed by atoms with Gasteiger partial charge in [0.15, 0.2) is 18.0 Å². The summed E-state index contributed by atoms with van der Waals surface area (Å²) in [6.07, 6.45) is 22.8. The van der Waals surface area contributed by atoms with Crippen LogP contribution in [0.1, 0.15) is 122 Å². The zero-order chi connectivity index (χ0) is 76.5. The van der Waals surface area contributed by atoms with Crippen molar-refractivity contribution in [3.8, 4) is 0 Å². The highest BCUT2D eigenvalue weighted by Gasteiger charge is 2.48. The predicted molar refractivity (Wildman–Crippen MR) is 438 cm³/mol. The van der Waals surface area contributed by atoms with Gasteiger partial charge in [-0.15, -0.1) is 0 Å². The van der Waals surface area contributed by atoms with Crippen molar-refractivity contribution in [2.45, 2.75) is 127 Å². The van der Waals surface area contributed by atoms with Gasteiger partial charge in [-0.2, -0.15) is 17.6 Å². The first-order valence-electron chi connectivity index (χ1n) is 36.3.